The molecule has 0 aliphatic carbocycles. The van der Waals surface area contributed by atoms with E-state index in [1.807, 2.05) is 44.2 Å². The third kappa shape index (κ3) is 3.65. The van der Waals surface area contributed by atoms with Gasteiger partial charge in [0.15, 0.2) is 0 Å². The van der Waals surface area contributed by atoms with E-state index in [4.69, 9.17) is 4.74 Å². The smallest absolute Gasteiger partial charge is 0.277 e. The highest BCUT2D eigenvalue weighted by molar-refractivity contribution is 5.49. The Hall–Kier alpha value is -1.44. The zero-order valence-electron chi connectivity index (χ0n) is 7.90. The summed E-state index contributed by atoms with van der Waals surface area (Å²) in [6.07, 6.45) is 1.60. The van der Waals surface area contributed by atoms with Gasteiger partial charge in [0, 0.05) is 6.08 Å². The van der Waals surface area contributed by atoms with Gasteiger partial charge in [-0.25, -0.2) is 0 Å². The van der Waals surface area contributed by atoms with Crippen LogP contribution in [0.4, 0.5) is 0 Å². The predicted octanol–water partition coefficient (Wildman–Crippen LogP) is 2.97. The Labute approximate surface area is 78.5 Å². The fourth-order valence-electron chi connectivity index (χ4n) is 0.967. The molecular weight excluding hydrogens is 164 g/mol. The Morgan fingerprint density at radius 2 is 1.92 bits per heavy atom. The summed E-state index contributed by atoms with van der Waals surface area (Å²) in [5.41, 5.74) is 0.931. The number of aliphatic hydroxyl groups excluding tert-OH is 1. The summed E-state index contributed by atoms with van der Waals surface area (Å²) >= 11 is 0. The van der Waals surface area contributed by atoms with Crippen LogP contribution in [0, 0.1) is 0 Å². The maximum absolute atomic E-state index is 9.31. The first-order chi connectivity index (χ1) is 6.18. The summed E-state index contributed by atoms with van der Waals surface area (Å²) in [5.74, 6) is -0.0406. The van der Waals surface area contributed by atoms with Gasteiger partial charge in [-0.1, -0.05) is 30.3 Å². The fourth-order valence-corrected chi connectivity index (χ4v) is 0.967. The van der Waals surface area contributed by atoms with Crippen LogP contribution < -0.4 is 0 Å². The lowest BCUT2D eigenvalue weighted by Gasteiger charge is -2.07. The van der Waals surface area contributed by atoms with Gasteiger partial charge in [-0.2, -0.15) is 0 Å². The second kappa shape index (κ2) is 4.55. The topological polar surface area (TPSA) is 29.5 Å². The molecule has 0 bridgehead atoms. The predicted molar refractivity (Wildman–Crippen MR) is 53.3 cm³/mol. The maximum Gasteiger partial charge on any atom is 0.277 e. The van der Waals surface area contributed by atoms with Gasteiger partial charge in [-0.3, -0.25) is 0 Å². The third-order valence-corrected chi connectivity index (χ3v) is 1.45. The first-order valence-corrected chi connectivity index (χ1v) is 4.31. The minimum Gasteiger partial charge on any atom is -0.481 e. The van der Waals surface area contributed by atoms with Gasteiger partial charge in [-0.05, 0) is 19.4 Å². The summed E-state index contributed by atoms with van der Waals surface area (Å²) in [4.78, 5) is 0. The zero-order chi connectivity index (χ0) is 9.68. The van der Waals surface area contributed by atoms with Crippen molar-refractivity contribution in [3.05, 3.63) is 41.8 Å². The fraction of sp³-hybridized carbons (Fsp3) is 0.273. The Bertz CT molecular complexity index is 275. The molecule has 13 heavy (non-hydrogen) atoms. The van der Waals surface area contributed by atoms with Gasteiger partial charge in [0.2, 0.25) is 0 Å². The summed E-state index contributed by atoms with van der Waals surface area (Å²) in [6.45, 7) is 3.74. The summed E-state index contributed by atoms with van der Waals surface area (Å²) in [5, 5.41) is 9.31. The number of rotatable bonds is 3. The molecule has 0 atom stereocenters. The Morgan fingerprint density at radius 3 is 2.46 bits per heavy atom. The highest BCUT2D eigenvalue weighted by atomic mass is 16.6. The number of benzene rings is 1. The van der Waals surface area contributed by atoms with E-state index in [-0.39, 0.29) is 12.0 Å². The molecule has 0 aliphatic rings. The summed E-state index contributed by atoms with van der Waals surface area (Å²) < 4.78 is 5.07. The van der Waals surface area contributed by atoms with E-state index >= 15 is 0 Å². The summed E-state index contributed by atoms with van der Waals surface area (Å²) in [7, 11) is 0. The lowest BCUT2D eigenvalue weighted by atomic mass is 10.2. The molecular formula is C11H14O2. The molecule has 0 heterocycles. The van der Waals surface area contributed by atoms with Crippen molar-refractivity contribution in [3.8, 4) is 0 Å². The molecule has 1 aromatic rings. The Kier molecular flexibility index (Phi) is 3.38. The molecule has 0 fully saturated rings. The van der Waals surface area contributed by atoms with Gasteiger partial charge in [-0.15, -0.1) is 0 Å². The largest absolute Gasteiger partial charge is 0.481 e. The van der Waals surface area contributed by atoms with Crippen LogP contribution in [0.2, 0.25) is 0 Å². The van der Waals surface area contributed by atoms with Crippen LogP contribution in [0.3, 0.4) is 0 Å². The molecule has 0 saturated carbocycles. The van der Waals surface area contributed by atoms with Gasteiger partial charge >= 0.3 is 0 Å². The number of hydrogen-bond donors (Lipinski definition) is 1. The first-order valence-electron chi connectivity index (χ1n) is 4.31. The maximum atomic E-state index is 9.31. The van der Waals surface area contributed by atoms with Crippen molar-refractivity contribution in [1.82, 2.24) is 0 Å². The van der Waals surface area contributed by atoms with Gasteiger partial charge in [0.1, 0.15) is 0 Å². The highest BCUT2D eigenvalue weighted by Crippen LogP contribution is 2.06. The normalized spacial score (nSPS) is 11.8. The Morgan fingerprint density at radius 1 is 1.31 bits per heavy atom. The summed E-state index contributed by atoms with van der Waals surface area (Å²) in [6, 6.07) is 9.56. The van der Waals surface area contributed by atoms with Crippen LogP contribution in [0.5, 0.6) is 0 Å². The average molecular weight is 178 g/mol. The Balaban J connectivity index is 2.66. The molecule has 1 rings (SSSR count). The van der Waals surface area contributed by atoms with Crippen molar-refractivity contribution in [2.24, 2.45) is 0 Å². The van der Waals surface area contributed by atoms with Crippen LogP contribution in [-0.4, -0.2) is 11.2 Å². The molecule has 2 nitrogen and oxygen atoms in total. The molecule has 0 aromatic heterocycles. The molecule has 0 spiro atoms. The van der Waals surface area contributed by atoms with E-state index in [9.17, 15) is 5.11 Å². The second-order valence-electron chi connectivity index (χ2n) is 3.06. The SMILES string of the molecule is CC(C)O/C(O)=C\c1ccccc1. The number of hydrogen-bond acceptors (Lipinski definition) is 2. The standard InChI is InChI=1S/C11H14O2/c1-9(2)13-11(12)8-10-6-4-3-5-7-10/h3-9,12H,1-2H3/b11-8-. The van der Waals surface area contributed by atoms with Gasteiger partial charge in [0.25, 0.3) is 5.95 Å². The molecule has 2 heteroatoms. The van der Waals surface area contributed by atoms with E-state index < -0.39 is 0 Å². The van der Waals surface area contributed by atoms with E-state index in [2.05, 4.69) is 0 Å². The average Bonchev–Trinajstić information content (AvgIpc) is 2.04. The number of ether oxygens (including phenoxy) is 1. The lowest BCUT2D eigenvalue weighted by Crippen LogP contribution is -2.01. The third-order valence-electron chi connectivity index (χ3n) is 1.45. The second-order valence-corrected chi connectivity index (χ2v) is 3.06. The van der Waals surface area contributed by atoms with Crippen LogP contribution in [0.25, 0.3) is 6.08 Å². The van der Waals surface area contributed by atoms with Crippen molar-refractivity contribution in [1.29, 1.82) is 0 Å². The van der Waals surface area contributed by atoms with Crippen molar-refractivity contribution < 1.29 is 9.84 Å². The van der Waals surface area contributed by atoms with E-state index in [1.165, 1.54) is 0 Å². The van der Waals surface area contributed by atoms with Crippen LogP contribution >= 0.6 is 0 Å². The molecule has 70 valence electrons. The van der Waals surface area contributed by atoms with E-state index in [1.54, 1.807) is 6.08 Å². The van der Waals surface area contributed by atoms with Crippen LogP contribution in [0.15, 0.2) is 36.3 Å². The van der Waals surface area contributed by atoms with Crippen molar-refractivity contribution in [2.75, 3.05) is 0 Å². The molecule has 0 aliphatic heterocycles. The van der Waals surface area contributed by atoms with Crippen molar-refractivity contribution in [3.63, 3.8) is 0 Å². The number of aliphatic hydroxyl groups is 1. The van der Waals surface area contributed by atoms with Gasteiger partial charge < -0.3 is 9.84 Å². The molecule has 0 amide bonds. The first kappa shape index (κ1) is 9.65. The van der Waals surface area contributed by atoms with E-state index in [0.29, 0.717) is 0 Å². The highest BCUT2D eigenvalue weighted by Gasteiger charge is 1.97. The molecule has 0 unspecified atom stereocenters. The van der Waals surface area contributed by atoms with E-state index in [0.717, 1.165) is 5.56 Å². The van der Waals surface area contributed by atoms with Gasteiger partial charge in [0.05, 0.1) is 6.10 Å². The lowest BCUT2D eigenvalue weighted by molar-refractivity contribution is 0.0559. The van der Waals surface area contributed by atoms with Crippen molar-refractivity contribution in [2.45, 2.75) is 20.0 Å². The van der Waals surface area contributed by atoms with Crippen molar-refractivity contribution >= 4 is 6.08 Å². The van der Waals surface area contributed by atoms with Crippen LogP contribution in [0.1, 0.15) is 19.4 Å². The zero-order valence-corrected chi connectivity index (χ0v) is 7.90. The molecule has 0 saturated heterocycles. The molecule has 0 radical (unpaired) electrons. The minimum atomic E-state index is -0.0406. The molecule has 1 N–H and O–H groups in total. The molecule has 1 aromatic carbocycles. The minimum absolute atomic E-state index is 0.0000350. The van der Waals surface area contributed by atoms with Crippen LogP contribution in [-0.2, 0) is 4.74 Å². The monoisotopic (exact) mass is 178 g/mol. The quantitative estimate of drug-likeness (QED) is 0.721.